The molecule has 31 heavy (non-hydrogen) atoms. The zero-order valence-corrected chi connectivity index (χ0v) is 18.4. The molecule has 0 radical (unpaired) electrons. The molecule has 168 valence electrons. The van der Waals surface area contributed by atoms with Crippen molar-refractivity contribution >= 4 is 11.8 Å². The molecule has 0 bridgehead atoms. The fourth-order valence-corrected chi connectivity index (χ4v) is 5.87. The lowest BCUT2D eigenvalue weighted by Crippen LogP contribution is -2.50. The van der Waals surface area contributed by atoms with Gasteiger partial charge in [0, 0.05) is 25.7 Å². The monoisotopic (exact) mass is 425 g/mol. The molecule has 5 rings (SSSR count). The van der Waals surface area contributed by atoms with Gasteiger partial charge in [-0.1, -0.05) is 24.3 Å². The first-order valence-corrected chi connectivity index (χ1v) is 12.1. The van der Waals surface area contributed by atoms with Gasteiger partial charge in [-0.2, -0.15) is 0 Å². The molecular weight excluding hydrogens is 390 g/mol. The van der Waals surface area contributed by atoms with Crippen molar-refractivity contribution in [1.29, 1.82) is 0 Å². The van der Waals surface area contributed by atoms with Crippen LogP contribution < -0.4 is 5.73 Å². The van der Waals surface area contributed by atoms with Crippen LogP contribution in [-0.2, 0) is 27.2 Å². The van der Waals surface area contributed by atoms with Gasteiger partial charge < -0.3 is 15.4 Å². The van der Waals surface area contributed by atoms with Crippen LogP contribution in [0.3, 0.4) is 0 Å². The van der Waals surface area contributed by atoms with Crippen molar-refractivity contribution in [1.82, 2.24) is 9.80 Å². The highest BCUT2D eigenvalue weighted by Gasteiger charge is 2.57. The Morgan fingerprint density at radius 1 is 1.06 bits per heavy atom. The second-order valence-corrected chi connectivity index (χ2v) is 10.1. The number of rotatable bonds is 7. The number of benzene rings is 1. The number of fused-ring (bicyclic) bond motifs is 1. The number of primary amides is 1. The van der Waals surface area contributed by atoms with Crippen molar-refractivity contribution in [3.05, 3.63) is 35.4 Å². The van der Waals surface area contributed by atoms with Crippen molar-refractivity contribution in [3.8, 4) is 0 Å². The summed E-state index contributed by atoms with van der Waals surface area (Å²) in [6, 6.07) is 9.44. The lowest BCUT2D eigenvalue weighted by Gasteiger charge is -2.38. The van der Waals surface area contributed by atoms with Gasteiger partial charge in [0.05, 0.1) is 6.10 Å². The molecular formula is C25H35N3O3. The minimum Gasteiger partial charge on any atom is -0.376 e. The summed E-state index contributed by atoms with van der Waals surface area (Å²) in [6.45, 7) is 4.28. The molecule has 1 unspecified atom stereocenters. The van der Waals surface area contributed by atoms with E-state index in [1.165, 1.54) is 11.1 Å². The van der Waals surface area contributed by atoms with Crippen LogP contribution in [0.15, 0.2) is 24.3 Å². The SMILES string of the molecule is NC(=O)C1(C(=O)N(CC2CCN(C3Cc4ccccc4C3)CC2)CC2CCCO2)CC1. The van der Waals surface area contributed by atoms with Crippen LogP contribution in [0.1, 0.15) is 49.7 Å². The Balaban J connectivity index is 1.18. The van der Waals surface area contributed by atoms with Crippen LogP contribution in [0, 0.1) is 11.3 Å². The number of piperidine rings is 1. The van der Waals surface area contributed by atoms with Gasteiger partial charge in [-0.25, -0.2) is 0 Å². The molecule has 2 amide bonds. The number of nitrogens with two attached hydrogens (primary N) is 1. The third kappa shape index (κ3) is 4.24. The fraction of sp³-hybridized carbons (Fsp3) is 0.680. The van der Waals surface area contributed by atoms with Gasteiger partial charge in [0.15, 0.2) is 0 Å². The van der Waals surface area contributed by atoms with E-state index in [-0.39, 0.29) is 12.0 Å². The molecule has 0 spiro atoms. The van der Waals surface area contributed by atoms with E-state index in [4.69, 9.17) is 10.5 Å². The number of nitrogens with zero attached hydrogens (tertiary/aromatic N) is 2. The maximum atomic E-state index is 13.3. The Morgan fingerprint density at radius 2 is 1.74 bits per heavy atom. The standard InChI is InChI=1S/C25H35N3O3/c26-23(29)25(9-10-25)24(30)28(17-22-6-3-13-31-22)16-18-7-11-27(12-8-18)21-14-19-4-1-2-5-20(19)15-21/h1-2,4-5,18,21-22H,3,6-17H2,(H2,26,29). The van der Waals surface area contributed by atoms with Gasteiger partial charge in [-0.3, -0.25) is 14.5 Å². The molecule has 1 aromatic rings. The van der Waals surface area contributed by atoms with E-state index in [0.29, 0.717) is 31.3 Å². The zero-order chi connectivity index (χ0) is 21.4. The van der Waals surface area contributed by atoms with E-state index in [2.05, 4.69) is 29.2 Å². The quantitative estimate of drug-likeness (QED) is 0.679. The molecule has 2 aliphatic carbocycles. The largest absolute Gasteiger partial charge is 0.376 e. The Bertz CT molecular complexity index is 798. The first kappa shape index (κ1) is 21.0. The van der Waals surface area contributed by atoms with E-state index < -0.39 is 11.3 Å². The van der Waals surface area contributed by atoms with E-state index in [1.54, 1.807) is 0 Å². The predicted molar refractivity (Wildman–Crippen MR) is 118 cm³/mol. The molecule has 2 heterocycles. The van der Waals surface area contributed by atoms with Crippen molar-refractivity contribution in [2.24, 2.45) is 17.1 Å². The molecule has 3 fully saturated rings. The highest BCUT2D eigenvalue weighted by atomic mass is 16.5. The minimum atomic E-state index is -0.936. The minimum absolute atomic E-state index is 0.0517. The molecule has 6 nitrogen and oxygen atoms in total. The molecule has 0 aromatic heterocycles. The number of carbonyl (C=O) groups is 2. The van der Waals surface area contributed by atoms with E-state index in [9.17, 15) is 9.59 Å². The molecule has 6 heteroatoms. The average Bonchev–Trinajstić information content (AvgIpc) is 3.23. The number of ether oxygens (including phenoxy) is 1. The summed E-state index contributed by atoms with van der Waals surface area (Å²) in [7, 11) is 0. The van der Waals surface area contributed by atoms with Crippen molar-refractivity contribution in [2.45, 2.75) is 63.5 Å². The molecule has 2 N–H and O–H groups in total. The first-order valence-electron chi connectivity index (χ1n) is 12.1. The Hall–Kier alpha value is -1.92. The molecule has 1 aromatic carbocycles. The van der Waals surface area contributed by atoms with Gasteiger partial charge in [0.2, 0.25) is 11.8 Å². The van der Waals surface area contributed by atoms with Crippen LogP contribution in [0.2, 0.25) is 0 Å². The highest BCUT2D eigenvalue weighted by molar-refractivity contribution is 6.07. The predicted octanol–water partition coefficient (Wildman–Crippen LogP) is 2.14. The molecule has 1 saturated carbocycles. The lowest BCUT2D eigenvalue weighted by atomic mass is 9.93. The van der Waals surface area contributed by atoms with Crippen molar-refractivity contribution in [3.63, 3.8) is 0 Å². The summed E-state index contributed by atoms with van der Waals surface area (Å²) in [5, 5.41) is 0. The zero-order valence-electron chi connectivity index (χ0n) is 18.4. The average molecular weight is 426 g/mol. The first-order chi connectivity index (χ1) is 15.0. The maximum absolute atomic E-state index is 13.3. The van der Waals surface area contributed by atoms with Crippen molar-refractivity contribution in [2.75, 3.05) is 32.8 Å². The Morgan fingerprint density at radius 3 is 2.29 bits per heavy atom. The number of likely N-dealkylation sites (tertiary alicyclic amines) is 1. The molecule has 2 saturated heterocycles. The van der Waals surface area contributed by atoms with Gasteiger partial charge in [-0.05, 0) is 81.5 Å². The van der Waals surface area contributed by atoms with Crippen LogP contribution >= 0.6 is 0 Å². The lowest BCUT2D eigenvalue weighted by molar-refractivity contribution is -0.145. The molecule has 2 aliphatic heterocycles. The van der Waals surface area contributed by atoms with Crippen molar-refractivity contribution < 1.29 is 14.3 Å². The smallest absolute Gasteiger partial charge is 0.238 e. The number of hydrogen-bond acceptors (Lipinski definition) is 4. The number of amides is 2. The van der Waals surface area contributed by atoms with Crippen LogP contribution in [0.4, 0.5) is 0 Å². The normalized spacial score (nSPS) is 26.0. The third-order valence-electron chi connectivity index (χ3n) is 8.04. The van der Waals surface area contributed by atoms with Crippen LogP contribution in [-0.4, -0.2) is 66.5 Å². The second kappa shape index (κ2) is 8.55. The van der Waals surface area contributed by atoms with Crippen LogP contribution in [0.25, 0.3) is 0 Å². The summed E-state index contributed by atoms with van der Waals surface area (Å²) in [5.74, 6) is -0.0244. The maximum Gasteiger partial charge on any atom is 0.238 e. The van der Waals surface area contributed by atoms with E-state index >= 15 is 0 Å². The molecule has 4 aliphatic rings. The summed E-state index contributed by atoms with van der Waals surface area (Å²) in [6.07, 6.45) is 7.87. The van der Waals surface area contributed by atoms with E-state index in [1.807, 2.05) is 4.90 Å². The highest BCUT2D eigenvalue weighted by Crippen LogP contribution is 2.47. The van der Waals surface area contributed by atoms with Crippen LogP contribution in [0.5, 0.6) is 0 Å². The van der Waals surface area contributed by atoms with E-state index in [0.717, 1.165) is 64.8 Å². The molecule has 1 atom stereocenters. The fourth-order valence-electron chi connectivity index (χ4n) is 5.87. The number of carbonyl (C=O) groups excluding carboxylic acids is 2. The summed E-state index contributed by atoms with van der Waals surface area (Å²) in [5.41, 5.74) is 7.68. The Kier molecular flexibility index (Phi) is 5.78. The summed E-state index contributed by atoms with van der Waals surface area (Å²) < 4.78 is 5.81. The third-order valence-corrected chi connectivity index (χ3v) is 8.04. The summed E-state index contributed by atoms with van der Waals surface area (Å²) >= 11 is 0. The van der Waals surface area contributed by atoms with Gasteiger partial charge in [0.25, 0.3) is 0 Å². The Labute approximate surface area is 185 Å². The topological polar surface area (TPSA) is 75.9 Å². The second-order valence-electron chi connectivity index (χ2n) is 10.1. The van der Waals surface area contributed by atoms with Gasteiger partial charge in [-0.15, -0.1) is 0 Å². The summed E-state index contributed by atoms with van der Waals surface area (Å²) in [4.78, 5) is 29.8. The number of hydrogen-bond donors (Lipinski definition) is 1. The van der Waals surface area contributed by atoms with Gasteiger partial charge in [0.1, 0.15) is 5.41 Å². The van der Waals surface area contributed by atoms with Gasteiger partial charge >= 0.3 is 0 Å².